The van der Waals surface area contributed by atoms with E-state index in [9.17, 15) is 9.59 Å². The van der Waals surface area contributed by atoms with Crippen LogP contribution in [0.3, 0.4) is 0 Å². The summed E-state index contributed by atoms with van der Waals surface area (Å²) in [4.78, 5) is 25.6. The molecule has 1 aliphatic carbocycles. The minimum Gasteiger partial charge on any atom is -0.494 e. The Balaban J connectivity index is 1.66. The van der Waals surface area contributed by atoms with Crippen LogP contribution >= 0.6 is 0 Å². The van der Waals surface area contributed by atoms with Gasteiger partial charge < -0.3 is 20.1 Å². The summed E-state index contributed by atoms with van der Waals surface area (Å²) in [5.74, 6) is 1.04. The molecule has 2 N–H and O–H groups in total. The predicted octanol–water partition coefficient (Wildman–Crippen LogP) is 3.96. The first-order chi connectivity index (χ1) is 14.6. The Hall–Kier alpha value is -3.02. The largest absolute Gasteiger partial charge is 0.494 e. The van der Waals surface area contributed by atoms with Gasteiger partial charge in [-0.2, -0.15) is 0 Å². The molecule has 0 saturated heterocycles. The second-order valence-electron chi connectivity index (χ2n) is 7.37. The molecule has 2 aromatic rings. The quantitative estimate of drug-likeness (QED) is 0.691. The standard InChI is InChI=1S/C24H30N2O4/c1-3-29-19-11-7-9-17(15-19)23(27)25-21-13-5-6-14-22(21)26-24(28)18-10-8-12-20(16-18)30-4-2/h7-12,15-16,21-22H,3-6,13-14H2,1-2H3,(H,25,27)(H,26,28)/t21-,22+. The lowest BCUT2D eigenvalue weighted by Gasteiger charge is -2.33. The van der Waals surface area contributed by atoms with Crippen LogP contribution in [0.1, 0.15) is 60.2 Å². The molecule has 0 bridgehead atoms. The monoisotopic (exact) mass is 410 g/mol. The molecule has 0 aromatic heterocycles. The van der Waals surface area contributed by atoms with Crippen LogP contribution in [0.5, 0.6) is 11.5 Å². The molecular weight excluding hydrogens is 380 g/mol. The van der Waals surface area contributed by atoms with E-state index in [1.54, 1.807) is 24.3 Å². The zero-order valence-corrected chi connectivity index (χ0v) is 17.6. The van der Waals surface area contributed by atoms with Gasteiger partial charge in [-0.25, -0.2) is 0 Å². The van der Waals surface area contributed by atoms with Gasteiger partial charge in [0.15, 0.2) is 0 Å². The van der Waals surface area contributed by atoms with Crippen LogP contribution < -0.4 is 20.1 Å². The Morgan fingerprint density at radius 2 is 1.23 bits per heavy atom. The Labute approximate surface area is 178 Å². The molecule has 6 nitrogen and oxygen atoms in total. The predicted molar refractivity (Wildman–Crippen MR) is 116 cm³/mol. The van der Waals surface area contributed by atoms with E-state index in [1.807, 2.05) is 38.1 Å². The third kappa shape index (κ3) is 5.75. The van der Waals surface area contributed by atoms with E-state index < -0.39 is 0 Å². The van der Waals surface area contributed by atoms with E-state index in [1.165, 1.54) is 0 Å². The fourth-order valence-corrected chi connectivity index (χ4v) is 3.77. The van der Waals surface area contributed by atoms with Gasteiger partial charge in [0, 0.05) is 23.2 Å². The number of hydrogen-bond acceptors (Lipinski definition) is 4. The maximum atomic E-state index is 12.8. The molecule has 1 saturated carbocycles. The van der Waals surface area contributed by atoms with Crippen molar-refractivity contribution in [1.82, 2.24) is 10.6 Å². The highest BCUT2D eigenvalue weighted by Gasteiger charge is 2.28. The van der Waals surface area contributed by atoms with Gasteiger partial charge in [0.1, 0.15) is 11.5 Å². The third-order valence-electron chi connectivity index (χ3n) is 5.21. The van der Waals surface area contributed by atoms with Crippen LogP contribution in [0.4, 0.5) is 0 Å². The van der Waals surface area contributed by atoms with Crippen molar-refractivity contribution in [3.63, 3.8) is 0 Å². The van der Waals surface area contributed by atoms with Crippen LogP contribution in [0.25, 0.3) is 0 Å². The number of amides is 2. The lowest BCUT2D eigenvalue weighted by molar-refractivity contribution is 0.0862. The topological polar surface area (TPSA) is 76.7 Å². The molecule has 1 fully saturated rings. The summed E-state index contributed by atoms with van der Waals surface area (Å²) in [6, 6.07) is 14.1. The number of carbonyl (C=O) groups excluding carboxylic acids is 2. The minimum absolute atomic E-state index is 0.110. The van der Waals surface area contributed by atoms with E-state index in [2.05, 4.69) is 10.6 Å². The summed E-state index contributed by atoms with van der Waals surface area (Å²) in [7, 11) is 0. The number of ether oxygens (including phenoxy) is 2. The van der Waals surface area contributed by atoms with Crippen LogP contribution in [0.2, 0.25) is 0 Å². The first-order valence-corrected chi connectivity index (χ1v) is 10.7. The smallest absolute Gasteiger partial charge is 0.251 e. The maximum absolute atomic E-state index is 12.8. The molecule has 0 aliphatic heterocycles. The van der Waals surface area contributed by atoms with Crippen molar-refractivity contribution < 1.29 is 19.1 Å². The van der Waals surface area contributed by atoms with E-state index in [-0.39, 0.29) is 23.9 Å². The second-order valence-corrected chi connectivity index (χ2v) is 7.37. The van der Waals surface area contributed by atoms with Gasteiger partial charge in [-0.15, -0.1) is 0 Å². The molecular formula is C24H30N2O4. The molecule has 0 spiro atoms. The Morgan fingerprint density at radius 3 is 1.63 bits per heavy atom. The summed E-state index contributed by atoms with van der Waals surface area (Å²) in [5.41, 5.74) is 1.11. The summed E-state index contributed by atoms with van der Waals surface area (Å²) in [5, 5.41) is 6.22. The number of hydrogen-bond donors (Lipinski definition) is 2. The van der Waals surface area contributed by atoms with Crippen molar-refractivity contribution in [2.45, 2.75) is 51.6 Å². The fraction of sp³-hybridized carbons (Fsp3) is 0.417. The van der Waals surface area contributed by atoms with Gasteiger partial charge in [-0.1, -0.05) is 25.0 Å². The van der Waals surface area contributed by atoms with Crippen molar-refractivity contribution in [3.05, 3.63) is 59.7 Å². The first-order valence-electron chi connectivity index (χ1n) is 10.7. The van der Waals surface area contributed by atoms with Gasteiger partial charge in [-0.05, 0) is 63.1 Å². The van der Waals surface area contributed by atoms with Crippen molar-refractivity contribution in [2.75, 3.05) is 13.2 Å². The SMILES string of the molecule is CCOc1cccc(C(=O)N[C@H]2CCCC[C@H]2NC(=O)c2cccc(OCC)c2)c1. The van der Waals surface area contributed by atoms with Gasteiger partial charge in [0.2, 0.25) is 0 Å². The minimum atomic E-state index is -0.152. The highest BCUT2D eigenvalue weighted by Crippen LogP contribution is 2.21. The maximum Gasteiger partial charge on any atom is 0.251 e. The molecule has 2 atom stereocenters. The zero-order chi connectivity index (χ0) is 21.3. The third-order valence-corrected chi connectivity index (χ3v) is 5.21. The lowest BCUT2D eigenvalue weighted by atomic mass is 9.89. The number of benzene rings is 2. The first kappa shape index (κ1) is 21.7. The highest BCUT2D eigenvalue weighted by molar-refractivity contribution is 5.96. The second kappa shape index (κ2) is 10.7. The average Bonchev–Trinajstić information content (AvgIpc) is 2.76. The van der Waals surface area contributed by atoms with Gasteiger partial charge in [0.05, 0.1) is 13.2 Å². The summed E-state index contributed by atoms with van der Waals surface area (Å²) < 4.78 is 11.0. The highest BCUT2D eigenvalue weighted by atomic mass is 16.5. The van der Waals surface area contributed by atoms with Crippen LogP contribution in [0, 0.1) is 0 Å². The number of rotatable bonds is 8. The molecule has 2 aromatic carbocycles. The molecule has 160 valence electrons. The molecule has 2 amide bonds. The molecule has 1 aliphatic rings. The van der Waals surface area contributed by atoms with Crippen LogP contribution in [-0.4, -0.2) is 37.1 Å². The molecule has 30 heavy (non-hydrogen) atoms. The fourth-order valence-electron chi connectivity index (χ4n) is 3.77. The zero-order valence-electron chi connectivity index (χ0n) is 17.6. The lowest BCUT2D eigenvalue weighted by Crippen LogP contribution is -2.53. The van der Waals surface area contributed by atoms with Crippen LogP contribution in [-0.2, 0) is 0 Å². The molecule has 0 radical (unpaired) electrons. The van der Waals surface area contributed by atoms with E-state index in [4.69, 9.17) is 9.47 Å². The summed E-state index contributed by atoms with van der Waals surface area (Å²) in [6.45, 7) is 4.91. The Morgan fingerprint density at radius 1 is 0.800 bits per heavy atom. The van der Waals surface area contributed by atoms with Crippen molar-refractivity contribution in [2.24, 2.45) is 0 Å². The molecule has 6 heteroatoms. The molecule has 0 unspecified atom stereocenters. The van der Waals surface area contributed by atoms with Gasteiger partial charge >= 0.3 is 0 Å². The van der Waals surface area contributed by atoms with Crippen molar-refractivity contribution in [1.29, 1.82) is 0 Å². The van der Waals surface area contributed by atoms with Crippen molar-refractivity contribution >= 4 is 11.8 Å². The molecule has 0 heterocycles. The summed E-state index contributed by atoms with van der Waals surface area (Å²) >= 11 is 0. The van der Waals surface area contributed by atoms with Gasteiger partial charge in [-0.3, -0.25) is 9.59 Å². The summed E-state index contributed by atoms with van der Waals surface area (Å²) in [6.07, 6.45) is 3.72. The van der Waals surface area contributed by atoms with E-state index in [0.717, 1.165) is 25.7 Å². The Kier molecular flexibility index (Phi) is 7.71. The number of nitrogens with one attached hydrogen (secondary N) is 2. The number of carbonyl (C=O) groups is 2. The van der Waals surface area contributed by atoms with E-state index >= 15 is 0 Å². The Bertz CT molecular complexity index is 796. The van der Waals surface area contributed by atoms with E-state index in [0.29, 0.717) is 35.8 Å². The van der Waals surface area contributed by atoms with Gasteiger partial charge in [0.25, 0.3) is 11.8 Å². The van der Waals surface area contributed by atoms with Crippen LogP contribution in [0.15, 0.2) is 48.5 Å². The molecule has 3 rings (SSSR count). The average molecular weight is 411 g/mol. The van der Waals surface area contributed by atoms with Crippen molar-refractivity contribution in [3.8, 4) is 11.5 Å². The normalized spacial score (nSPS) is 18.3.